The van der Waals surface area contributed by atoms with Crippen LogP contribution in [0.4, 0.5) is 22.7 Å². The number of morpholine rings is 1. The van der Waals surface area contributed by atoms with E-state index in [2.05, 4.69) is 75.1 Å². The fourth-order valence-corrected chi connectivity index (χ4v) is 4.82. The van der Waals surface area contributed by atoms with Gasteiger partial charge in [-0.25, -0.2) is 0 Å². The van der Waals surface area contributed by atoms with E-state index in [-0.39, 0.29) is 0 Å². The zero-order chi connectivity index (χ0) is 20.3. The summed E-state index contributed by atoms with van der Waals surface area (Å²) in [6.45, 7) is 10.1. The van der Waals surface area contributed by atoms with Gasteiger partial charge in [-0.2, -0.15) is 0 Å². The number of ether oxygens (including phenoxy) is 1. The fourth-order valence-electron chi connectivity index (χ4n) is 4.82. The van der Waals surface area contributed by atoms with Crippen molar-refractivity contribution < 1.29 is 4.74 Å². The van der Waals surface area contributed by atoms with Crippen molar-refractivity contribution in [2.45, 2.75) is 25.4 Å². The van der Waals surface area contributed by atoms with Gasteiger partial charge in [0.05, 0.1) is 19.3 Å². The highest BCUT2D eigenvalue weighted by Crippen LogP contribution is 2.37. The summed E-state index contributed by atoms with van der Waals surface area (Å²) >= 11 is 0. The predicted octanol–water partition coefficient (Wildman–Crippen LogP) is 3.29. The zero-order valence-electron chi connectivity index (χ0n) is 17.9. The molecule has 3 aliphatic rings. The Labute approximate surface area is 179 Å². The van der Waals surface area contributed by atoms with Crippen molar-refractivity contribution in [2.75, 3.05) is 72.9 Å². The van der Waals surface area contributed by atoms with Gasteiger partial charge in [-0.1, -0.05) is 0 Å². The molecule has 2 unspecified atom stereocenters. The summed E-state index contributed by atoms with van der Waals surface area (Å²) in [5.74, 6) is 0. The summed E-state index contributed by atoms with van der Waals surface area (Å²) < 4.78 is 5.48. The molecule has 3 aliphatic heterocycles. The van der Waals surface area contributed by atoms with Crippen LogP contribution in [-0.2, 0) is 4.74 Å². The van der Waals surface area contributed by atoms with Crippen LogP contribution < -0.4 is 25.8 Å². The average Bonchev–Trinajstić information content (AvgIpc) is 2.80. The third-order valence-electron chi connectivity index (χ3n) is 6.47. The fraction of sp³-hybridized carbons (Fsp3) is 0.500. The maximum absolute atomic E-state index is 5.48. The van der Waals surface area contributed by atoms with Gasteiger partial charge in [0.2, 0.25) is 0 Å². The molecule has 30 heavy (non-hydrogen) atoms. The zero-order valence-corrected chi connectivity index (χ0v) is 17.9. The van der Waals surface area contributed by atoms with Crippen LogP contribution in [0, 0.1) is 0 Å². The van der Waals surface area contributed by atoms with Gasteiger partial charge >= 0.3 is 0 Å². The monoisotopic (exact) mass is 407 g/mol. The number of piperazine rings is 1. The van der Waals surface area contributed by atoms with Crippen molar-refractivity contribution in [3.05, 3.63) is 48.0 Å². The molecule has 6 nitrogen and oxygen atoms in total. The summed E-state index contributed by atoms with van der Waals surface area (Å²) in [7, 11) is 0. The quantitative estimate of drug-likeness (QED) is 0.723. The largest absolute Gasteiger partial charge is 0.382 e. The predicted molar refractivity (Wildman–Crippen MR) is 125 cm³/mol. The number of nitrogens with zero attached hydrogens (tertiary/aromatic N) is 2. The molecule has 0 spiro atoms. The first-order chi connectivity index (χ1) is 14.8. The van der Waals surface area contributed by atoms with Gasteiger partial charge in [-0.15, -0.1) is 0 Å². The number of hydrogen-bond acceptors (Lipinski definition) is 6. The van der Waals surface area contributed by atoms with Crippen LogP contribution in [-0.4, -0.2) is 58.5 Å². The molecule has 6 heteroatoms. The minimum atomic E-state index is 0.313. The minimum absolute atomic E-state index is 0.313. The maximum Gasteiger partial charge on any atom is 0.0642 e. The highest BCUT2D eigenvalue weighted by molar-refractivity contribution is 5.66. The molecule has 0 amide bonds. The topological polar surface area (TPSA) is 51.8 Å². The van der Waals surface area contributed by atoms with E-state index in [0.717, 1.165) is 58.9 Å². The Bertz CT molecular complexity index is 843. The van der Waals surface area contributed by atoms with Crippen LogP contribution in [0.5, 0.6) is 0 Å². The molecule has 2 atom stereocenters. The first kappa shape index (κ1) is 19.5. The lowest BCUT2D eigenvalue weighted by Crippen LogP contribution is -2.43. The molecule has 2 fully saturated rings. The second-order valence-corrected chi connectivity index (χ2v) is 8.63. The van der Waals surface area contributed by atoms with Crippen molar-refractivity contribution in [1.29, 1.82) is 0 Å². The second kappa shape index (κ2) is 8.74. The lowest BCUT2D eigenvalue weighted by atomic mass is 9.92. The van der Waals surface area contributed by atoms with Gasteiger partial charge in [0.1, 0.15) is 0 Å². The van der Waals surface area contributed by atoms with Crippen molar-refractivity contribution >= 4 is 22.7 Å². The Morgan fingerprint density at radius 3 is 2.37 bits per heavy atom. The van der Waals surface area contributed by atoms with Crippen molar-refractivity contribution in [2.24, 2.45) is 0 Å². The van der Waals surface area contributed by atoms with E-state index >= 15 is 0 Å². The Kier molecular flexibility index (Phi) is 5.69. The van der Waals surface area contributed by atoms with Gasteiger partial charge in [0.25, 0.3) is 0 Å². The summed E-state index contributed by atoms with van der Waals surface area (Å²) in [6.07, 6.45) is 1.07. The molecule has 160 valence electrons. The van der Waals surface area contributed by atoms with Crippen LogP contribution in [0.1, 0.15) is 24.9 Å². The summed E-state index contributed by atoms with van der Waals surface area (Å²) in [5.41, 5.74) is 6.44. The van der Waals surface area contributed by atoms with Crippen LogP contribution in [0.25, 0.3) is 0 Å². The molecule has 2 aromatic rings. The molecule has 0 bridgehead atoms. The Hall–Kier alpha value is -2.44. The molecule has 3 N–H and O–H groups in total. The van der Waals surface area contributed by atoms with E-state index in [1.165, 1.54) is 28.3 Å². The van der Waals surface area contributed by atoms with Gasteiger partial charge in [-0.05, 0) is 61.4 Å². The van der Waals surface area contributed by atoms with Gasteiger partial charge in [-0.3, -0.25) is 0 Å². The second-order valence-electron chi connectivity index (χ2n) is 8.63. The maximum atomic E-state index is 5.48. The van der Waals surface area contributed by atoms with Gasteiger partial charge in [0.15, 0.2) is 0 Å². The first-order valence-electron chi connectivity index (χ1n) is 11.3. The van der Waals surface area contributed by atoms with E-state index in [4.69, 9.17) is 4.74 Å². The van der Waals surface area contributed by atoms with E-state index in [9.17, 15) is 0 Å². The number of anilines is 4. The number of nitrogens with one attached hydrogen (secondary N) is 3. The highest BCUT2D eigenvalue weighted by atomic mass is 16.5. The molecular formula is C24H33N5O. The Balaban J connectivity index is 1.34. The number of fused-ring (bicyclic) bond motifs is 1. The SMILES string of the molecule is CC1CC(Nc2ccc(N3CCOCC3)cc2)c2cc(N3CCNCC3)ccc2N1. The molecule has 0 saturated carbocycles. The average molecular weight is 408 g/mol. The molecule has 0 aromatic heterocycles. The van der Waals surface area contributed by atoms with Crippen LogP contribution in [0.15, 0.2) is 42.5 Å². The first-order valence-corrected chi connectivity index (χ1v) is 11.3. The van der Waals surface area contributed by atoms with Crippen LogP contribution >= 0.6 is 0 Å². The molecule has 5 rings (SSSR count). The van der Waals surface area contributed by atoms with E-state index in [1.54, 1.807) is 0 Å². The summed E-state index contributed by atoms with van der Waals surface area (Å²) in [6, 6.07) is 16.6. The van der Waals surface area contributed by atoms with Crippen molar-refractivity contribution in [3.8, 4) is 0 Å². The molecule has 0 radical (unpaired) electrons. The summed E-state index contributed by atoms with van der Waals surface area (Å²) in [4.78, 5) is 4.89. The number of rotatable bonds is 4. The molecule has 0 aliphatic carbocycles. The van der Waals surface area contributed by atoms with Gasteiger partial charge < -0.3 is 30.5 Å². The van der Waals surface area contributed by atoms with E-state index in [0.29, 0.717) is 12.1 Å². The molecule has 3 heterocycles. The lowest BCUT2D eigenvalue weighted by molar-refractivity contribution is 0.122. The van der Waals surface area contributed by atoms with Crippen LogP contribution in [0.2, 0.25) is 0 Å². The van der Waals surface area contributed by atoms with E-state index in [1.807, 2.05) is 0 Å². The number of benzene rings is 2. The van der Waals surface area contributed by atoms with Crippen LogP contribution in [0.3, 0.4) is 0 Å². The van der Waals surface area contributed by atoms with Crippen molar-refractivity contribution in [3.63, 3.8) is 0 Å². The Morgan fingerprint density at radius 2 is 1.60 bits per heavy atom. The Morgan fingerprint density at radius 1 is 0.900 bits per heavy atom. The smallest absolute Gasteiger partial charge is 0.0642 e. The third-order valence-corrected chi connectivity index (χ3v) is 6.47. The van der Waals surface area contributed by atoms with Gasteiger partial charge in [0, 0.05) is 68.1 Å². The van der Waals surface area contributed by atoms with Crippen molar-refractivity contribution in [1.82, 2.24) is 5.32 Å². The standard InChI is InChI=1S/C24H33N5O/c1-18-16-24(27-19-2-4-20(5-3-19)29-12-14-30-15-13-29)22-17-21(6-7-23(22)26-18)28-10-8-25-9-11-28/h2-7,17-18,24-27H,8-16H2,1H3. The molecular weight excluding hydrogens is 374 g/mol. The van der Waals surface area contributed by atoms with E-state index < -0.39 is 0 Å². The normalized spacial score (nSPS) is 24.2. The molecule has 2 saturated heterocycles. The highest BCUT2D eigenvalue weighted by Gasteiger charge is 2.25. The third kappa shape index (κ3) is 4.20. The minimum Gasteiger partial charge on any atom is -0.382 e. The molecule has 2 aromatic carbocycles. The lowest BCUT2D eigenvalue weighted by Gasteiger charge is -2.35. The summed E-state index contributed by atoms with van der Waals surface area (Å²) in [5, 5.41) is 10.9. The number of hydrogen-bond donors (Lipinski definition) is 3.